The SMILES string of the molecule is CC1CC2CC(=O)C3CCCN4CC(O)CC2C34C1. The molecule has 2 saturated carbocycles. The van der Waals surface area contributed by atoms with Crippen molar-refractivity contribution >= 4 is 5.78 Å². The summed E-state index contributed by atoms with van der Waals surface area (Å²) >= 11 is 0. The minimum atomic E-state index is -0.166. The second-order valence-corrected chi connectivity index (χ2v) is 7.60. The van der Waals surface area contributed by atoms with Gasteiger partial charge in [0.1, 0.15) is 5.78 Å². The van der Waals surface area contributed by atoms with Gasteiger partial charge in [0.15, 0.2) is 0 Å². The molecule has 1 spiro atoms. The Morgan fingerprint density at radius 3 is 3.05 bits per heavy atom. The molecule has 4 fully saturated rings. The van der Waals surface area contributed by atoms with Crippen LogP contribution in [0.1, 0.15) is 45.4 Å². The molecule has 0 aromatic rings. The first-order valence-corrected chi connectivity index (χ1v) is 8.07. The van der Waals surface area contributed by atoms with Gasteiger partial charge in [-0.3, -0.25) is 9.69 Å². The van der Waals surface area contributed by atoms with E-state index in [2.05, 4.69) is 11.8 Å². The molecule has 6 atom stereocenters. The van der Waals surface area contributed by atoms with Crippen molar-refractivity contribution in [2.75, 3.05) is 13.1 Å². The molecule has 19 heavy (non-hydrogen) atoms. The lowest BCUT2D eigenvalue weighted by Crippen LogP contribution is -2.73. The molecule has 2 bridgehead atoms. The minimum Gasteiger partial charge on any atom is -0.392 e. The molecule has 4 aliphatic rings. The molecule has 3 nitrogen and oxygen atoms in total. The first-order valence-electron chi connectivity index (χ1n) is 8.07. The van der Waals surface area contributed by atoms with Gasteiger partial charge in [0.2, 0.25) is 0 Å². The van der Waals surface area contributed by atoms with Crippen molar-refractivity contribution in [3.8, 4) is 0 Å². The maximum absolute atomic E-state index is 12.6. The number of β-amino-alcohol motifs (C(OH)–C–C–N with tert-alkyl or cyclic N) is 1. The van der Waals surface area contributed by atoms with Crippen LogP contribution in [0.15, 0.2) is 0 Å². The van der Waals surface area contributed by atoms with Gasteiger partial charge in [-0.15, -0.1) is 0 Å². The molecule has 4 rings (SSSR count). The zero-order chi connectivity index (χ0) is 13.2. The van der Waals surface area contributed by atoms with Crippen LogP contribution < -0.4 is 0 Å². The Labute approximate surface area is 115 Å². The Morgan fingerprint density at radius 2 is 2.21 bits per heavy atom. The highest BCUT2D eigenvalue weighted by Gasteiger charge is 2.63. The van der Waals surface area contributed by atoms with Crippen LogP contribution in [0.4, 0.5) is 0 Å². The topological polar surface area (TPSA) is 40.5 Å². The van der Waals surface area contributed by atoms with Crippen molar-refractivity contribution in [2.24, 2.45) is 23.7 Å². The van der Waals surface area contributed by atoms with E-state index in [1.54, 1.807) is 0 Å². The average molecular weight is 263 g/mol. The third kappa shape index (κ3) is 1.55. The number of rotatable bonds is 0. The van der Waals surface area contributed by atoms with Gasteiger partial charge in [-0.25, -0.2) is 0 Å². The van der Waals surface area contributed by atoms with Crippen LogP contribution >= 0.6 is 0 Å². The van der Waals surface area contributed by atoms with Crippen LogP contribution in [0.3, 0.4) is 0 Å². The molecule has 6 unspecified atom stereocenters. The van der Waals surface area contributed by atoms with Crippen molar-refractivity contribution in [1.29, 1.82) is 0 Å². The predicted octanol–water partition coefficient (Wildman–Crippen LogP) is 1.84. The molecule has 2 saturated heterocycles. The Bertz CT molecular complexity index is 410. The molecule has 0 amide bonds. The Kier molecular flexibility index (Phi) is 2.63. The Balaban J connectivity index is 1.82. The lowest BCUT2D eigenvalue weighted by molar-refractivity contribution is -0.186. The van der Waals surface area contributed by atoms with Crippen LogP contribution in [0.5, 0.6) is 0 Å². The molecule has 2 heterocycles. The van der Waals surface area contributed by atoms with E-state index in [0.29, 0.717) is 17.6 Å². The third-order valence-corrected chi connectivity index (χ3v) is 6.51. The van der Waals surface area contributed by atoms with Crippen LogP contribution in [0.25, 0.3) is 0 Å². The van der Waals surface area contributed by atoms with Crippen LogP contribution in [0, 0.1) is 23.7 Å². The fraction of sp³-hybridized carbons (Fsp3) is 0.938. The highest BCUT2D eigenvalue weighted by molar-refractivity contribution is 5.84. The van der Waals surface area contributed by atoms with E-state index >= 15 is 0 Å². The number of ketones is 1. The Morgan fingerprint density at radius 1 is 1.37 bits per heavy atom. The van der Waals surface area contributed by atoms with Crippen molar-refractivity contribution in [3.05, 3.63) is 0 Å². The normalized spacial score (nSPS) is 53.8. The minimum absolute atomic E-state index is 0.134. The van der Waals surface area contributed by atoms with Gasteiger partial charge in [-0.1, -0.05) is 6.92 Å². The number of piperidine rings is 2. The zero-order valence-electron chi connectivity index (χ0n) is 11.8. The fourth-order valence-electron chi connectivity index (χ4n) is 6.16. The quantitative estimate of drug-likeness (QED) is 0.725. The molecule has 106 valence electrons. The number of aliphatic hydroxyl groups excluding tert-OH is 1. The second-order valence-electron chi connectivity index (χ2n) is 7.60. The summed E-state index contributed by atoms with van der Waals surface area (Å²) in [6.45, 7) is 4.26. The van der Waals surface area contributed by atoms with E-state index in [1.165, 1.54) is 12.8 Å². The highest BCUT2D eigenvalue weighted by Crippen LogP contribution is 2.59. The van der Waals surface area contributed by atoms with E-state index in [4.69, 9.17) is 0 Å². The summed E-state index contributed by atoms with van der Waals surface area (Å²) in [7, 11) is 0. The summed E-state index contributed by atoms with van der Waals surface area (Å²) in [5.74, 6) is 2.68. The maximum atomic E-state index is 12.6. The molecular weight excluding hydrogens is 238 g/mol. The monoisotopic (exact) mass is 263 g/mol. The molecule has 1 N–H and O–H groups in total. The lowest BCUT2D eigenvalue weighted by atomic mass is 9.48. The van der Waals surface area contributed by atoms with Crippen LogP contribution in [-0.4, -0.2) is 40.5 Å². The van der Waals surface area contributed by atoms with Gasteiger partial charge < -0.3 is 5.11 Å². The van der Waals surface area contributed by atoms with E-state index in [9.17, 15) is 9.90 Å². The molecule has 2 aliphatic carbocycles. The maximum Gasteiger partial charge on any atom is 0.138 e. The largest absolute Gasteiger partial charge is 0.392 e. The molecular formula is C16H25NO2. The average Bonchev–Trinajstić information content (AvgIpc) is 2.34. The number of nitrogens with zero attached hydrogens (tertiary/aromatic N) is 1. The summed E-state index contributed by atoms with van der Waals surface area (Å²) in [4.78, 5) is 15.1. The standard InChI is InChI=1S/C16H25NO2/c1-10-5-11-6-15(19)13-3-2-4-17-9-12(18)7-14(11)16(13,17)8-10/h10-14,18H,2-9H2,1H3. The van der Waals surface area contributed by atoms with E-state index in [1.807, 2.05) is 0 Å². The predicted molar refractivity (Wildman–Crippen MR) is 72.7 cm³/mol. The van der Waals surface area contributed by atoms with E-state index < -0.39 is 0 Å². The molecule has 3 heteroatoms. The summed E-state index contributed by atoms with van der Waals surface area (Å²) in [6, 6.07) is 0. The van der Waals surface area contributed by atoms with Crippen molar-refractivity contribution in [3.63, 3.8) is 0 Å². The molecule has 0 aromatic heterocycles. The van der Waals surface area contributed by atoms with Gasteiger partial charge in [0.25, 0.3) is 0 Å². The zero-order valence-corrected chi connectivity index (χ0v) is 11.8. The van der Waals surface area contributed by atoms with Crippen LogP contribution in [0.2, 0.25) is 0 Å². The summed E-state index contributed by atoms with van der Waals surface area (Å²) in [5, 5.41) is 10.2. The molecule has 0 aromatic carbocycles. The van der Waals surface area contributed by atoms with Crippen LogP contribution in [-0.2, 0) is 4.79 Å². The third-order valence-electron chi connectivity index (χ3n) is 6.51. The van der Waals surface area contributed by atoms with Gasteiger partial charge in [-0.05, 0) is 56.4 Å². The number of hydrogen-bond acceptors (Lipinski definition) is 3. The lowest BCUT2D eigenvalue weighted by Gasteiger charge is -2.66. The van der Waals surface area contributed by atoms with Crippen molar-refractivity contribution in [1.82, 2.24) is 4.90 Å². The summed E-state index contributed by atoms with van der Waals surface area (Å²) in [6.07, 6.45) is 6.20. The number of carbonyl (C=O) groups excluding carboxylic acids is 1. The molecule has 2 aliphatic heterocycles. The number of aliphatic hydroxyl groups is 1. The van der Waals surface area contributed by atoms with Crippen molar-refractivity contribution < 1.29 is 9.90 Å². The van der Waals surface area contributed by atoms with Gasteiger partial charge in [-0.2, -0.15) is 0 Å². The Hall–Kier alpha value is -0.410. The first kappa shape index (κ1) is 12.3. The second kappa shape index (κ2) is 4.05. The van der Waals surface area contributed by atoms with E-state index in [0.717, 1.165) is 44.7 Å². The van der Waals surface area contributed by atoms with E-state index in [-0.39, 0.29) is 17.6 Å². The number of carbonyl (C=O) groups is 1. The summed E-state index contributed by atoms with van der Waals surface area (Å²) in [5.41, 5.74) is 0.134. The van der Waals surface area contributed by atoms with Crippen molar-refractivity contribution in [2.45, 2.75) is 57.1 Å². The smallest absolute Gasteiger partial charge is 0.138 e. The van der Waals surface area contributed by atoms with Gasteiger partial charge >= 0.3 is 0 Å². The highest BCUT2D eigenvalue weighted by atomic mass is 16.3. The van der Waals surface area contributed by atoms with Gasteiger partial charge in [0.05, 0.1) is 6.10 Å². The summed E-state index contributed by atoms with van der Waals surface area (Å²) < 4.78 is 0. The number of hydrogen-bond donors (Lipinski definition) is 1. The first-order chi connectivity index (χ1) is 9.11. The molecule has 0 radical (unpaired) electrons. The van der Waals surface area contributed by atoms with Gasteiger partial charge in [0, 0.05) is 24.4 Å². The number of Topliss-reactive ketones (excluding diaryl/α,β-unsaturated/α-hetero) is 1. The fourth-order valence-corrected chi connectivity index (χ4v) is 6.16.